The molecule has 0 bridgehead atoms. The van der Waals surface area contributed by atoms with Crippen molar-refractivity contribution < 1.29 is 20.7 Å². The summed E-state index contributed by atoms with van der Waals surface area (Å²) in [4.78, 5) is 0. The van der Waals surface area contributed by atoms with Crippen LogP contribution in [0.3, 0.4) is 0 Å². The highest BCUT2D eigenvalue weighted by Crippen LogP contribution is 2.25. The molecule has 0 saturated carbocycles. The molecule has 0 aliphatic carbocycles. The Hall–Kier alpha value is -0.620. The lowest BCUT2D eigenvalue weighted by Gasteiger charge is -2.13. The van der Waals surface area contributed by atoms with Gasteiger partial charge in [-0.1, -0.05) is 31.2 Å². The van der Waals surface area contributed by atoms with Crippen LogP contribution in [0.4, 0.5) is 0 Å². The maximum Gasteiger partial charge on any atom is 0.119 e. The molecule has 0 fully saturated rings. The molecule has 2 rings (SSSR count). The van der Waals surface area contributed by atoms with Crippen molar-refractivity contribution in [1.29, 1.82) is 0 Å². The molecule has 0 aromatic heterocycles. The number of hydrogen-bond donors (Lipinski definition) is 1. The summed E-state index contributed by atoms with van der Waals surface area (Å²) in [7, 11) is 0. The Morgan fingerprint density at radius 3 is 1.73 bits per heavy atom. The van der Waals surface area contributed by atoms with Gasteiger partial charge in [0, 0.05) is 0 Å². The van der Waals surface area contributed by atoms with Crippen LogP contribution in [0, 0.1) is 0 Å². The molecule has 0 heterocycles. The zero-order valence-electron chi connectivity index (χ0n) is 14.4. The Labute approximate surface area is 182 Å². The summed E-state index contributed by atoms with van der Waals surface area (Å²) in [6.45, 7) is 3.06. The van der Waals surface area contributed by atoms with E-state index in [-0.39, 0.29) is 19.3 Å². The molecule has 0 saturated heterocycles. The maximum atomic E-state index is 9.60. The minimum absolute atomic E-state index is 0.102. The monoisotopic (exact) mass is 584 g/mol. The van der Waals surface area contributed by atoms with Crippen LogP contribution in [-0.4, -0.2) is 37.1 Å². The van der Waals surface area contributed by atoms with E-state index in [0.29, 0.717) is 12.4 Å². The molecule has 0 aliphatic rings. The molecule has 2 unspecified atom stereocenters. The average Bonchev–Trinajstić information content (AvgIpc) is 2.68. The van der Waals surface area contributed by atoms with E-state index in [1.807, 2.05) is 71.5 Å². The van der Waals surface area contributed by atoms with Crippen molar-refractivity contribution in [2.24, 2.45) is 0 Å². The second-order valence-electron chi connectivity index (χ2n) is 5.72. The van der Waals surface area contributed by atoms with Crippen LogP contribution in [0.1, 0.15) is 13.3 Å². The lowest BCUT2D eigenvalue weighted by atomic mass is 10.1. The summed E-state index contributed by atoms with van der Waals surface area (Å²) in [6, 6.07) is 15.7. The summed E-state index contributed by atoms with van der Waals surface area (Å²) in [5.74, 6) is 1.54. The zero-order chi connectivity index (χ0) is 18.8. The van der Waals surface area contributed by atoms with Crippen molar-refractivity contribution in [2.75, 3.05) is 19.8 Å². The van der Waals surface area contributed by atoms with Crippen molar-refractivity contribution >= 4 is 46.0 Å². The number of hydrogen-bond acceptors (Lipinski definition) is 5. The van der Waals surface area contributed by atoms with E-state index in [9.17, 15) is 5.11 Å². The van der Waals surface area contributed by atoms with Crippen LogP contribution in [0.15, 0.2) is 48.5 Å². The lowest BCUT2D eigenvalue weighted by molar-refractivity contribution is 0.0768. The zero-order valence-corrected chi connectivity index (χ0v) is 18.8. The normalized spacial score (nSPS) is 13.2. The summed E-state index contributed by atoms with van der Waals surface area (Å²) in [5.41, 5.74) is 2.18. The summed E-state index contributed by atoms with van der Waals surface area (Å²) in [6.07, 6.45) is 0.381. The van der Waals surface area contributed by atoms with Crippen molar-refractivity contribution in [3.63, 3.8) is 0 Å². The molecule has 1 N–H and O–H groups in total. The van der Waals surface area contributed by atoms with E-state index >= 15 is 0 Å². The fraction of sp³-hybridized carbons (Fsp3) is 0.368. The van der Waals surface area contributed by atoms with Crippen molar-refractivity contribution in [1.82, 2.24) is 0 Å². The van der Waals surface area contributed by atoms with Crippen molar-refractivity contribution in [2.45, 2.75) is 25.6 Å². The third-order valence-electron chi connectivity index (χ3n) is 3.76. The van der Waals surface area contributed by atoms with Crippen LogP contribution in [-0.2, 0) is 6.13 Å². The van der Waals surface area contributed by atoms with E-state index < -0.39 is 6.10 Å². The number of rotatable bonds is 11. The maximum absolute atomic E-state index is 9.60. The van der Waals surface area contributed by atoms with Gasteiger partial charge in [0.2, 0.25) is 0 Å². The number of benzene rings is 2. The summed E-state index contributed by atoms with van der Waals surface area (Å²) >= 11 is 3.66. The van der Waals surface area contributed by atoms with Crippen molar-refractivity contribution in [3.05, 3.63) is 48.5 Å². The first-order chi connectivity index (χ1) is 12.7. The highest BCUT2D eigenvalue weighted by atomic mass is 127. The number of halogens is 2. The van der Waals surface area contributed by atoms with Gasteiger partial charge in [0.25, 0.3) is 0 Å². The second-order valence-corrected chi connectivity index (χ2v) is 6.85. The Balaban J connectivity index is 1.90. The molecule has 26 heavy (non-hydrogen) atoms. The molecule has 2 atom stereocenters. The summed E-state index contributed by atoms with van der Waals surface area (Å²) in [5, 5.41) is 9.60. The Bertz CT molecular complexity index is 629. The van der Waals surface area contributed by atoms with Gasteiger partial charge < -0.3 is 20.7 Å². The predicted octanol–water partition coefficient (Wildman–Crippen LogP) is 4.98. The topological polar surface area (TPSA) is 57.2 Å². The molecular formula is C19H22I2O5. The predicted molar refractivity (Wildman–Crippen MR) is 118 cm³/mol. The van der Waals surface area contributed by atoms with E-state index in [1.165, 1.54) is 0 Å². The molecule has 142 valence electrons. The van der Waals surface area contributed by atoms with Crippen LogP contribution in [0.2, 0.25) is 0 Å². The molecular weight excluding hydrogens is 562 g/mol. The lowest BCUT2D eigenvalue weighted by Crippen LogP contribution is -2.21. The molecule has 0 spiro atoms. The van der Waals surface area contributed by atoms with E-state index in [1.54, 1.807) is 23.0 Å². The minimum Gasteiger partial charge on any atom is -0.491 e. The van der Waals surface area contributed by atoms with Gasteiger partial charge in [0.1, 0.15) is 82.9 Å². The van der Waals surface area contributed by atoms with E-state index in [2.05, 4.69) is 6.92 Å². The van der Waals surface area contributed by atoms with Gasteiger partial charge in [-0.2, -0.15) is 0 Å². The van der Waals surface area contributed by atoms with Gasteiger partial charge >= 0.3 is 0 Å². The molecule has 7 heteroatoms. The number of ether oxygens (including phenoxy) is 2. The molecule has 5 nitrogen and oxygen atoms in total. The van der Waals surface area contributed by atoms with Gasteiger partial charge in [-0.05, 0) is 41.8 Å². The Kier molecular flexibility index (Phi) is 9.97. The molecule has 0 radical (unpaired) electrons. The third kappa shape index (κ3) is 7.18. The first-order valence-corrected chi connectivity index (χ1v) is 10.1. The molecule has 2 aromatic rings. The van der Waals surface area contributed by atoms with Crippen LogP contribution >= 0.6 is 46.0 Å². The largest absolute Gasteiger partial charge is 0.491 e. The molecule has 2 aromatic carbocycles. The van der Waals surface area contributed by atoms with Gasteiger partial charge in [0.15, 0.2) is 0 Å². The van der Waals surface area contributed by atoms with Crippen LogP contribution in [0.25, 0.3) is 11.1 Å². The Morgan fingerprint density at radius 1 is 0.808 bits per heavy atom. The second kappa shape index (κ2) is 12.0. The highest BCUT2D eigenvalue weighted by Gasteiger charge is 2.07. The fourth-order valence-corrected chi connectivity index (χ4v) is 3.12. The first-order valence-electron chi connectivity index (χ1n) is 8.31. The standard InChI is InChI=1S/C19H22I2O5/c1-2-17(26-21)13-24-19-9-5-15(6-10-19)14-3-7-18(8-4-14)23-11-16(22)12-25-20/h3-10,16-17,22H,2,11-13H2,1H3. The highest BCUT2D eigenvalue weighted by molar-refractivity contribution is 14.1. The number of aliphatic hydroxyl groups is 1. The Morgan fingerprint density at radius 2 is 1.31 bits per heavy atom. The first kappa shape index (κ1) is 21.7. The minimum atomic E-state index is -0.635. The third-order valence-corrected chi connectivity index (χ3v) is 4.84. The summed E-state index contributed by atoms with van der Waals surface area (Å²) < 4.78 is 21.4. The van der Waals surface area contributed by atoms with E-state index in [0.717, 1.165) is 23.3 Å². The van der Waals surface area contributed by atoms with Crippen molar-refractivity contribution in [3.8, 4) is 22.6 Å². The quantitative estimate of drug-likeness (QED) is 0.378. The van der Waals surface area contributed by atoms with Gasteiger partial charge in [-0.25, -0.2) is 0 Å². The van der Waals surface area contributed by atoms with Gasteiger partial charge in [-0.3, -0.25) is 0 Å². The smallest absolute Gasteiger partial charge is 0.119 e. The van der Waals surface area contributed by atoms with Gasteiger partial charge in [-0.15, -0.1) is 0 Å². The van der Waals surface area contributed by atoms with Crippen LogP contribution in [0.5, 0.6) is 11.5 Å². The average molecular weight is 584 g/mol. The fourth-order valence-electron chi connectivity index (χ4n) is 2.20. The van der Waals surface area contributed by atoms with E-state index in [4.69, 9.17) is 15.6 Å². The number of aliphatic hydroxyl groups excluding tert-OH is 1. The van der Waals surface area contributed by atoms with Crippen LogP contribution < -0.4 is 9.47 Å². The molecule has 0 aliphatic heterocycles. The SMILES string of the molecule is CCC(COc1ccc(-c2ccc(OCC(O)COI)cc2)cc1)OI. The molecule has 0 amide bonds. The van der Waals surface area contributed by atoms with Gasteiger partial charge in [0.05, 0.1) is 6.61 Å².